The second kappa shape index (κ2) is 3.86. The molecule has 0 aliphatic rings. The molecule has 5 heteroatoms. The Balaban J connectivity index is 1.83. The first-order chi connectivity index (χ1) is 8.31. The van der Waals surface area contributed by atoms with Crippen LogP contribution in [-0.2, 0) is 6.54 Å². The zero-order chi connectivity index (χ0) is 11.7. The molecule has 1 aromatic carbocycles. The van der Waals surface area contributed by atoms with Crippen LogP contribution in [-0.4, -0.2) is 15.0 Å². The first-order valence-corrected chi connectivity index (χ1v) is 5.39. The lowest BCUT2D eigenvalue weighted by molar-refractivity contribution is 1.15. The van der Waals surface area contributed by atoms with Gasteiger partial charge in [-0.2, -0.15) is 0 Å². The van der Waals surface area contributed by atoms with E-state index < -0.39 is 0 Å². The van der Waals surface area contributed by atoms with Gasteiger partial charge in [0, 0.05) is 24.6 Å². The molecule has 0 aliphatic carbocycles. The molecule has 0 saturated carbocycles. The van der Waals surface area contributed by atoms with E-state index in [0.29, 0.717) is 0 Å². The summed E-state index contributed by atoms with van der Waals surface area (Å²) in [4.78, 5) is 19.6. The fraction of sp³-hybridized carbons (Fsp3) is 0.0833. The third kappa shape index (κ3) is 1.94. The summed E-state index contributed by atoms with van der Waals surface area (Å²) < 4.78 is 0. The molecule has 17 heavy (non-hydrogen) atoms. The Morgan fingerprint density at radius 3 is 2.82 bits per heavy atom. The molecule has 86 valence electrons. The average Bonchev–Trinajstić information content (AvgIpc) is 2.92. The van der Waals surface area contributed by atoms with Crippen molar-refractivity contribution in [2.45, 2.75) is 6.54 Å². The second-order valence-electron chi connectivity index (χ2n) is 3.91. The summed E-state index contributed by atoms with van der Waals surface area (Å²) in [6.45, 7) is 0.754. The molecule has 0 atom stereocenters. The maximum Gasteiger partial charge on any atom is 0.323 e. The highest BCUT2D eigenvalue weighted by molar-refractivity contribution is 5.78. The minimum absolute atomic E-state index is 0.178. The summed E-state index contributed by atoms with van der Waals surface area (Å²) in [5.41, 5.74) is 3.63. The lowest BCUT2D eigenvalue weighted by atomic mass is 10.2. The van der Waals surface area contributed by atoms with Crippen LogP contribution < -0.4 is 11.0 Å². The topological polar surface area (TPSA) is 76.5 Å². The van der Waals surface area contributed by atoms with Gasteiger partial charge < -0.3 is 20.3 Å². The van der Waals surface area contributed by atoms with Crippen LogP contribution in [0.15, 0.2) is 41.5 Å². The van der Waals surface area contributed by atoms with Crippen LogP contribution >= 0.6 is 0 Å². The van der Waals surface area contributed by atoms with E-state index in [0.717, 1.165) is 23.3 Å². The third-order valence-electron chi connectivity index (χ3n) is 2.67. The summed E-state index contributed by atoms with van der Waals surface area (Å²) in [5.74, 6) is 0. The summed E-state index contributed by atoms with van der Waals surface area (Å²) in [5, 5.41) is 3.29. The Labute approximate surface area is 96.9 Å². The van der Waals surface area contributed by atoms with E-state index in [1.807, 2.05) is 36.7 Å². The number of H-pyrrole nitrogens is 3. The largest absolute Gasteiger partial charge is 0.381 e. The number of fused-ring (bicyclic) bond motifs is 1. The Hall–Kier alpha value is -2.43. The first-order valence-electron chi connectivity index (χ1n) is 5.39. The molecule has 0 aliphatic heterocycles. The molecule has 5 nitrogen and oxygen atoms in total. The van der Waals surface area contributed by atoms with E-state index in [2.05, 4.69) is 20.3 Å². The number of imidazole rings is 1. The highest BCUT2D eigenvalue weighted by Gasteiger charge is 1.99. The van der Waals surface area contributed by atoms with Crippen molar-refractivity contribution in [1.29, 1.82) is 0 Å². The van der Waals surface area contributed by atoms with E-state index in [1.54, 1.807) is 0 Å². The van der Waals surface area contributed by atoms with E-state index in [1.165, 1.54) is 5.56 Å². The summed E-state index contributed by atoms with van der Waals surface area (Å²) >= 11 is 0. The van der Waals surface area contributed by atoms with Gasteiger partial charge >= 0.3 is 5.69 Å². The lowest BCUT2D eigenvalue weighted by Crippen LogP contribution is -1.99. The molecule has 0 unspecified atom stereocenters. The second-order valence-corrected chi connectivity index (χ2v) is 3.91. The van der Waals surface area contributed by atoms with Gasteiger partial charge in [-0.05, 0) is 29.8 Å². The van der Waals surface area contributed by atoms with E-state index in [4.69, 9.17) is 0 Å². The maximum absolute atomic E-state index is 11.1. The highest BCUT2D eigenvalue weighted by atomic mass is 16.1. The Morgan fingerprint density at radius 1 is 1.12 bits per heavy atom. The average molecular weight is 228 g/mol. The molecule has 0 spiro atoms. The summed E-state index contributed by atoms with van der Waals surface area (Å²) in [7, 11) is 0. The van der Waals surface area contributed by atoms with Gasteiger partial charge in [0.15, 0.2) is 0 Å². The Kier molecular flexibility index (Phi) is 2.22. The molecule has 3 aromatic rings. The van der Waals surface area contributed by atoms with Crippen molar-refractivity contribution in [3.63, 3.8) is 0 Å². The minimum Gasteiger partial charge on any atom is -0.381 e. The molecule has 2 aromatic heterocycles. The smallest absolute Gasteiger partial charge is 0.323 e. The van der Waals surface area contributed by atoms with Crippen LogP contribution in [0.5, 0.6) is 0 Å². The predicted octanol–water partition coefficient (Wildman–Crippen LogP) is 1.80. The van der Waals surface area contributed by atoms with Crippen molar-refractivity contribution in [2.24, 2.45) is 0 Å². The van der Waals surface area contributed by atoms with Gasteiger partial charge in [0.25, 0.3) is 0 Å². The molecule has 3 rings (SSSR count). The monoisotopic (exact) mass is 228 g/mol. The molecular formula is C12H12N4O. The number of rotatable bonds is 3. The normalized spacial score (nSPS) is 10.8. The van der Waals surface area contributed by atoms with Gasteiger partial charge in [0.05, 0.1) is 11.0 Å². The maximum atomic E-state index is 11.1. The zero-order valence-corrected chi connectivity index (χ0v) is 9.08. The molecule has 0 fully saturated rings. The number of hydrogen-bond donors (Lipinski definition) is 4. The molecule has 2 heterocycles. The van der Waals surface area contributed by atoms with Crippen molar-refractivity contribution < 1.29 is 0 Å². The molecule has 0 radical (unpaired) electrons. The van der Waals surface area contributed by atoms with E-state index in [9.17, 15) is 4.79 Å². The van der Waals surface area contributed by atoms with Crippen molar-refractivity contribution in [3.8, 4) is 0 Å². The van der Waals surface area contributed by atoms with E-state index >= 15 is 0 Å². The highest BCUT2D eigenvalue weighted by Crippen LogP contribution is 2.15. The number of aromatic nitrogens is 3. The summed E-state index contributed by atoms with van der Waals surface area (Å²) in [6.07, 6.45) is 3.84. The van der Waals surface area contributed by atoms with Crippen molar-refractivity contribution >= 4 is 16.7 Å². The molecule has 4 N–H and O–H groups in total. The predicted molar refractivity (Wildman–Crippen MR) is 67.0 cm³/mol. The number of benzene rings is 1. The van der Waals surface area contributed by atoms with Crippen LogP contribution in [0.2, 0.25) is 0 Å². The van der Waals surface area contributed by atoms with Gasteiger partial charge in [0.1, 0.15) is 0 Å². The van der Waals surface area contributed by atoms with Crippen LogP contribution in [0.4, 0.5) is 5.69 Å². The number of anilines is 1. The van der Waals surface area contributed by atoms with Crippen LogP contribution in [0, 0.1) is 0 Å². The Morgan fingerprint density at radius 2 is 2.00 bits per heavy atom. The van der Waals surface area contributed by atoms with E-state index in [-0.39, 0.29) is 5.69 Å². The quantitative estimate of drug-likeness (QED) is 0.551. The fourth-order valence-corrected chi connectivity index (χ4v) is 1.82. The minimum atomic E-state index is -0.178. The van der Waals surface area contributed by atoms with Crippen molar-refractivity contribution in [2.75, 3.05) is 5.32 Å². The SMILES string of the molecule is O=c1[nH]c2ccc(NCc3cc[nH]c3)cc2[nH]1. The molecular weight excluding hydrogens is 216 g/mol. The summed E-state index contributed by atoms with van der Waals surface area (Å²) in [6, 6.07) is 7.76. The van der Waals surface area contributed by atoms with Crippen molar-refractivity contribution in [1.82, 2.24) is 15.0 Å². The van der Waals surface area contributed by atoms with Crippen LogP contribution in [0.25, 0.3) is 11.0 Å². The Bertz CT molecular complexity index is 678. The number of nitrogens with one attached hydrogen (secondary N) is 4. The van der Waals surface area contributed by atoms with Crippen molar-refractivity contribution in [3.05, 3.63) is 52.7 Å². The zero-order valence-electron chi connectivity index (χ0n) is 9.08. The number of hydrogen-bond acceptors (Lipinski definition) is 2. The van der Waals surface area contributed by atoms with Crippen LogP contribution in [0.3, 0.4) is 0 Å². The van der Waals surface area contributed by atoms with Gasteiger partial charge in [-0.3, -0.25) is 0 Å². The van der Waals surface area contributed by atoms with Gasteiger partial charge in [-0.25, -0.2) is 4.79 Å². The standard InChI is InChI=1S/C12H12N4O/c17-12-15-10-2-1-9(5-11(10)16-12)14-7-8-3-4-13-6-8/h1-6,13-14H,7H2,(H2,15,16,17). The fourth-order valence-electron chi connectivity index (χ4n) is 1.82. The van der Waals surface area contributed by atoms with Gasteiger partial charge in [-0.15, -0.1) is 0 Å². The number of aromatic amines is 3. The van der Waals surface area contributed by atoms with Gasteiger partial charge in [0.2, 0.25) is 0 Å². The first kappa shape index (κ1) is 9.77. The third-order valence-corrected chi connectivity index (χ3v) is 2.67. The molecule has 0 bridgehead atoms. The lowest BCUT2D eigenvalue weighted by Gasteiger charge is -2.04. The van der Waals surface area contributed by atoms with Crippen LogP contribution in [0.1, 0.15) is 5.56 Å². The molecule has 0 amide bonds. The molecule has 0 saturated heterocycles. The van der Waals surface area contributed by atoms with Gasteiger partial charge in [-0.1, -0.05) is 0 Å².